The molecular weight excluding hydrogens is 620 g/mol. The van der Waals surface area contributed by atoms with E-state index in [1.54, 1.807) is 0 Å². The molecule has 0 aromatic heterocycles. The van der Waals surface area contributed by atoms with Gasteiger partial charge in [-0.1, -0.05) is 77.0 Å². The number of hydrogen-bond acceptors (Lipinski definition) is 13. The molecule has 2 heterocycles. The van der Waals surface area contributed by atoms with Crippen molar-refractivity contribution in [1.29, 1.82) is 0 Å². The maximum Gasteiger partial charge on any atom is 0.330 e. The molecule has 0 saturated carbocycles. The lowest BCUT2D eigenvalue weighted by atomic mass is 9.99. The summed E-state index contributed by atoms with van der Waals surface area (Å²) < 4.78 is 20.5. The largest absolute Gasteiger partial charge is 0.481 e. The predicted molar refractivity (Wildman–Crippen MR) is 170 cm³/mol. The van der Waals surface area contributed by atoms with E-state index in [4.69, 9.17) is 29.2 Å². The molecule has 0 unspecified atom stereocenters. The van der Waals surface area contributed by atoms with E-state index < -0.39 is 86.6 Å². The van der Waals surface area contributed by atoms with Gasteiger partial charge in [0.15, 0.2) is 6.29 Å². The minimum absolute atomic E-state index is 0.332. The Kier molecular flexibility index (Phi) is 22.2. The third kappa shape index (κ3) is 15.4. The van der Waals surface area contributed by atoms with E-state index in [1.807, 2.05) is 0 Å². The molecule has 0 aromatic carbocycles. The number of esters is 1. The van der Waals surface area contributed by atoms with E-state index in [1.165, 1.54) is 70.6 Å². The molecule has 2 saturated heterocycles. The van der Waals surface area contributed by atoms with Crippen LogP contribution in [0.15, 0.2) is 24.8 Å². The van der Waals surface area contributed by atoms with Crippen LogP contribution in [0.3, 0.4) is 0 Å². The van der Waals surface area contributed by atoms with Crippen LogP contribution in [-0.2, 0) is 28.5 Å². The van der Waals surface area contributed by atoms with Gasteiger partial charge in [-0.3, -0.25) is 4.79 Å². The molecule has 0 spiro atoms. The van der Waals surface area contributed by atoms with Gasteiger partial charge in [0.05, 0.1) is 6.61 Å². The van der Waals surface area contributed by atoms with Gasteiger partial charge in [-0.15, -0.1) is 0 Å². The SMILES string of the molecule is C=CC(=O)OC[C@H]1O[C@H](O[C@]2(CO)O[C@H](CO)[C@@H](O)[C@@H]2O)[C@H](O)[C@@H](O)[C@@H]1O.CCCCCCCC/C=C\CCCCCCCC(=O)O. The number of ether oxygens (including phenoxy) is 4. The van der Waals surface area contributed by atoms with Gasteiger partial charge in [0, 0.05) is 12.5 Å². The van der Waals surface area contributed by atoms with Crippen molar-refractivity contribution in [3.8, 4) is 0 Å². The first-order valence-corrected chi connectivity index (χ1v) is 16.8. The Morgan fingerprint density at radius 2 is 1.36 bits per heavy atom. The zero-order valence-corrected chi connectivity index (χ0v) is 27.6. The van der Waals surface area contributed by atoms with Crippen molar-refractivity contribution in [2.24, 2.45) is 0 Å². The molecule has 9 atom stereocenters. The average Bonchev–Trinajstić information content (AvgIpc) is 3.31. The fraction of sp³-hybridized carbons (Fsp3) is 0.818. The van der Waals surface area contributed by atoms with Gasteiger partial charge >= 0.3 is 11.9 Å². The lowest BCUT2D eigenvalue weighted by Gasteiger charge is -2.43. The molecule has 2 rings (SSSR count). The predicted octanol–water partition coefficient (Wildman–Crippen LogP) is 1.45. The Hall–Kier alpha value is -1.98. The normalized spacial score (nSPS) is 30.6. The van der Waals surface area contributed by atoms with Crippen molar-refractivity contribution in [2.75, 3.05) is 19.8 Å². The van der Waals surface area contributed by atoms with E-state index in [0.717, 1.165) is 18.9 Å². The molecule has 0 radical (unpaired) electrons. The molecule has 8 N–H and O–H groups in total. The van der Waals surface area contributed by atoms with Crippen molar-refractivity contribution >= 4 is 11.9 Å². The third-order valence-corrected chi connectivity index (χ3v) is 8.10. The van der Waals surface area contributed by atoms with Gasteiger partial charge in [0.25, 0.3) is 0 Å². The molecule has 2 aliphatic heterocycles. The number of carbonyl (C=O) groups is 2. The van der Waals surface area contributed by atoms with E-state index in [9.17, 15) is 40.2 Å². The van der Waals surface area contributed by atoms with Crippen LogP contribution in [0.25, 0.3) is 0 Å². The fourth-order valence-electron chi connectivity index (χ4n) is 5.19. The molecule has 274 valence electrons. The summed E-state index contributed by atoms with van der Waals surface area (Å²) >= 11 is 0. The topological polar surface area (TPSA) is 233 Å². The minimum Gasteiger partial charge on any atom is -0.481 e. The Balaban J connectivity index is 0.000000494. The summed E-state index contributed by atoms with van der Waals surface area (Å²) in [5.74, 6) is -3.76. The highest BCUT2D eigenvalue weighted by atomic mass is 16.8. The molecule has 0 bridgehead atoms. The number of aliphatic hydroxyl groups is 7. The average molecular weight is 679 g/mol. The highest BCUT2D eigenvalue weighted by Crippen LogP contribution is 2.36. The van der Waals surface area contributed by atoms with Crippen molar-refractivity contribution in [3.63, 3.8) is 0 Å². The molecule has 0 aliphatic carbocycles. The maximum atomic E-state index is 11.2. The molecule has 2 fully saturated rings. The molecule has 14 nitrogen and oxygen atoms in total. The van der Waals surface area contributed by atoms with E-state index in [-0.39, 0.29) is 0 Å². The molecule has 14 heteroatoms. The van der Waals surface area contributed by atoms with Crippen molar-refractivity contribution < 1.29 is 69.4 Å². The number of carboxylic acids is 1. The first kappa shape index (κ1) is 43.0. The van der Waals surface area contributed by atoms with Gasteiger partial charge in [0.2, 0.25) is 5.79 Å². The summed E-state index contributed by atoms with van der Waals surface area (Å²) in [7, 11) is 0. The first-order valence-electron chi connectivity index (χ1n) is 16.8. The number of allylic oxidation sites excluding steroid dienone is 2. The number of carboxylic acid groups (broad SMARTS) is 1. The van der Waals surface area contributed by atoms with Crippen LogP contribution in [0, 0.1) is 0 Å². The molecular formula is C33H58O14. The van der Waals surface area contributed by atoms with Crippen molar-refractivity contribution in [2.45, 2.75) is 152 Å². The summed E-state index contributed by atoms with van der Waals surface area (Å²) in [6, 6.07) is 0. The van der Waals surface area contributed by atoms with Gasteiger partial charge in [-0.25, -0.2) is 4.79 Å². The Labute approximate surface area is 277 Å². The monoisotopic (exact) mass is 678 g/mol. The van der Waals surface area contributed by atoms with Crippen LogP contribution in [0.5, 0.6) is 0 Å². The third-order valence-electron chi connectivity index (χ3n) is 8.10. The van der Waals surface area contributed by atoms with Crippen LogP contribution >= 0.6 is 0 Å². The second-order valence-electron chi connectivity index (χ2n) is 11.9. The number of aliphatic hydroxyl groups excluding tert-OH is 7. The maximum absolute atomic E-state index is 11.2. The summed E-state index contributed by atoms with van der Waals surface area (Å²) in [5.41, 5.74) is 0. The number of hydrogen-bond donors (Lipinski definition) is 8. The minimum atomic E-state index is -2.27. The van der Waals surface area contributed by atoms with E-state index >= 15 is 0 Å². The van der Waals surface area contributed by atoms with Gasteiger partial charge in [-0.05, 0) is 32.1 Å². The Morgan fingerprint density at radius 1 is 0.787 bits per heavy atom. The van der Waals surface area contributed by atoms with Crippen LogP contribution in [0.2, 0.25) is 0 Å². The first-order chi connectivity index (χ1) is 22.5. The summed E-state index contributed by atoms with van der Waals surface area (Å²) in [5, 5.41) is 77.3. The Bertz CT molecular complexity index is 901. The zero-order chi connectivity index (χ0) is 35.2. The van der Waals surface area contributed by atoms with Crippen molar-refractivity contribution in [3.05, 3.63) is 24.8 Å². The molecule has 47 heavy (non-hydrogen) atoms. The number of aliphatic carboxylic acids is 1. The number of carbonyl (C=O) groups excluding carboxylic acids is 1. The number of unbranched alkanes of at least 4 members (excludes halogenated alkanes) is 11. The summed E-state index contributed by atoms with van der Waals surface area (Å²) in [4.78, 5) is 21.5. The number of rotatable bonds is 22. The van der Waals surface area contributed by atoms with Crippen LogP contribution in [-0.4, -0.2) is 127 Å². The Morgan fingerprint density at radius 3 is 1.87 bits per heavy atom. The van der Waals surface area contributed by atoms with Crippen LogP contribution < -0.4 is 0 Å². The smallest absolute Gasteiger partial charge is 0.330 e. The summed E-state index contributed by atoms with van der Waals surface area (Å²) in [6.45, 7) is 3.24. The summed E-state index contributed by atoms with van der Waals surface area (Å²) in [6.07, 6.45) is 9.05. The van der Waals surface area contributed by atoms with E-state index in [2.05, 4.69) is 25.7 Å². The van der Waals surface area contributed by atoms with Crippen LogP contribution in [0.4, 0.5) is 0 Å². The van der Waals surface area contributed by atoms with Crippen LogP contribution in [0.1, 0.15) is 96.8 Å². The molecule has 2 aliphatic rings. The standard InChI is InChI=1S/C18H34O2.C15H24O12/c1-2-3-4-5-6-7-8-9-10-11-12-13-14-15-16-17-18(19)20;1-2-8(18)24-4-7-9(19)11(21)12(22)14(25-7)27-15(5-17)13(23)10(20)6(3-16)26-15/h9-10H,2-8,11-17H2,1H3,(H,19,20);2,6-7,9-14,16-17,19-23H,1,3-5H2/b10-9-;/t;6-,7-,9-,10-,11+,12-,13+,14-,15+/m.1/s1. The fourth-order valence-corrected chi connectivity index (χ4v) is 5.19. The zero-order valence-electron chi connectivity index (χ0n) is 27.6. The highest BCUT2D eigenvalue weighted by Gasteiger charge is 2.58. The highest BCUT2D eigenvalue weighted by molar-refractivity contribution is 5.81. The lowest BCUT2D eigenvalue weighted by Crippen LogP contribution is -2.62. The second kappa shape index (κ2) is 24.2. The molecule has 0 amide bonds. The quantitative estimate of drug-likeness (QED) is 0.0351. The van der Waals surface area contributed by atoms with E-state index in [0.29, 0.717) is 6.42 Å². The van der Waals surface area contributed by atoms with Gasteiger partial charge < -0.3 is 59.8 Å². The lowest BCUT2D eigenvalue weighted by molar-refractivity contribution is -0.383. The van der Waals surface area contributed by atoms with Gasteiger partial charge in [0.1, 0.15) is 55.9 Å². The second-order valence-corrected chi connectivity index (χ2v) is 11.9. The van der Waals surface area contributed by atoms with Gasteiger partial charge in [-0.2, -0.15) is 0 Å². The molecule has 0 aromatic rings. The van der Waals surface area contributed by atoms with Crippen molar-refractivity contribution in [1.82, 2.24) is 0 Å².